The Balaban J connectivity index is 1.85. The highest BCUT2D eigenvalue weighted by Crippen LogP contribution is 2.55. The summed E-state index contributed by atoms with van der Waals surface area (Å²) in [6, 6.07) is 7.42. The molecule has 3 aliphatic rings. The molecule has 0 unspecified atom stereocenters. The highest BCUT2D eigenvalue weighted by Gasteiger charge is 2.71. The maximum atomic E-state index is 13.9. The molecule has 30 heavy (non-hydrogen) atoms. The lowest BCUT2D eigenvalue weighted by molar-refractivity contribution is -0.143. The van der Waals surface area contributed by atoms with E-state index in [0.717, 1.165) is 30.5 Å². The summed E-state index contributed by atoms with van der Waals surface area (Å²) in [5, 5.41) is 3.54. The molecule has 6 nitrogen and oxygen atoms in total. The molecule has 4 atom stereocenters. The van der Waals surface area contributed by atoms with Crippen molar-refractivity contribution in [2.75, 3.05) is 18.0 Å². The van der Waals surface area contributed by atoms with E-state index in [0.29, 0.717) is 19.0 Å². The number of benzene rings is 1. The summed E-state index contributed by atoms with van der Waals surface area (Å²) in [6.07, 6.45) is 4.11. The molecule has 3 aliphatic heterocycles. The predicted octanol–water partition coefficient (Wildman–Crippen LogP) is 2.83. The van der Waals surface area contributed by atoms with Crippen LogP contribution in [0, 0.1) is 17.8 Å². The summed E-state index contributed by atoms with van der Waals surface area (Å²) in [5.41, 5.74) is 0.417. The molecular weight excluding hydrogens is 378 g/mol. The highest BCUT2D eigenvalue weighted by molar-refractivity contribution is 6.16. The van der Waals surface area contributed by atoms with Gasteiger partial charge in [0, 0.05) is 30.4 Å². The summed E-state index contributed by atoms with van der Waals surface area (Å²) < 4.78 is 0. The average molecular weight is 410 g/mol. The van der Waals surface area contributed by atoms with Gasteiger partial charge in [-0.05, 0) is 24.8 Å². The molecule has 0 saturated carbocycles. The molecule has 3 amide bonds. The van der Waals surface area contributed by atoms with Crippen LogP contribution in [0.2, 0.25) is 0 Å². The van der Waals surface area contributed by atoms with Crippen LogP contribution in [0.4, 0.5) is 5.69 Å². The second kappa shape index (κ2) is 7.65. The number of carbonyl (C=O) groups excluding carboxylic acids is 3. The van der Waals surface area contributed by atoms with Gasteiger partial charge < -0.3 is 4.90 Å². The van der Waals surface area contributed by atoms with E-state index in [1.54, 1.807) is 11.0 Å². The monoisotopic (exact) mass is 409 g/mol. The molecule has 0 bridgehead atoms. The number of anilines is 1. The molecular formula is C24H31N3O3. The summed E-state index contributed by atoms with van der Waals surface area (Å²) >= 11 is 0. The van der Waals surface area contributed by atoms with Gasteiger partial charge in [0.25, 0.3) is 5.91 Å². The smallest absolute Gasteiger partial charge is 0.253 e. The van der Waals surface area contributed by atoms with E-state index >= 15 is 0 Å². The Morgan fingerprint density at radius 3 is 2.57 bits per heavy atom. The molecule has 6 heteroatoms. The van der Waals surface area contributed by atoms with Gasteiger partial charge in [-0.2, -0.15) is 0 Å². The number of nitrogens with zero attached hydrogens (tertiary/aromatic N) is 2. The number of fused-ring (bicyclic) bond motifs is 4. The van der Waals surface area contributed by atoms with Gasteiger partial charge in [0.05, 0.1) is 11.8 Å². The fourth-order valence-electron chi connectivity index (χ4n) is 5.56. The minimum atomic E-state index is -1.18. The first kappa shape index (κ1) is 20.8. The van der Waals surface area contributed by atoms with Gasteiger partial charge in [-0.25, -0.2) is 0 Å². The van der Waals surface area contributed by atoms with Crippen LogP contribution in [-0.2, 0) is 19.9 Å². The number of carbonyl (C=O) groups is 3. The molecule has 1 spiro atoms. The van der Waals surface area contributed by atoms with Gasteiger partial charge in [0.15, 0.2) is 0 Å². The highest BCUT2D eigenvalue weighted by atomic mass is 16.2. The number of hydrogen-bond donors (Lipinski definition) is 1. The van der Waals surface area contributed by atoms with Crippen LogP contribution < -0.4 is 10.2 Å². The van der Waals surface area contributed by atoms with E-state index in [1.165, 1.54) is 4.90 Å². The van der Waals surface area contributed by atoms with Gasteiger partial charge in [-0.3, -0.25) is 24.6 Å². The van der Waals surface area contributed by atoms with Crippen molar-refractivity contribution in [2.45, 2.75) is 51.6 Å². The van der Waals surface area contributed by atoms with Gasteiger partial charge >= 0.3 is 0 Å². The lowest BCUT2D eigenvalue weighted by Crippen LogP contribution is -2.55. The van der Waals surface area contributed by atoms with Crippen LogP contribution in [0.25, 0.3) is 0 Å². The number of imide groups is 1. The average Bonchev–Trinajstić information content (AvgIpc) is 3.26. The van der Waals surface area contributed by atoms with Crippen molar-refractivity contribution >= 4 is 23.4 Å². The Labute approximate surface area is 178 Å². The van der Waals surface area contributed by atoms with Crippen LogP contribution in [0.1, 0.15) is 45.6 Å². The van der Waals surface area contributed by atoms with E-state index in [9.17, 15) is 14.4 Å². The van der Waals surface area contributed by atoms with Crippen molar-refractivity contribution in [2.24, 2.45) is 17.8 Å². The first-order chi connectivity index (χ1) is 14.4. The Hall–Kier alpha value is -2.47. The summed E-state index contributed by atoms with van der Waals surface area (Å²) in [6.45, 7) is 10.8. The van der Waals surface area contributed by atoms with E-state index in [1.807, 2.05) is 31.2 Å². The minimum absolute atomic E-state index is 0.124. The zero-order chi connectivity index (χ0) is 21.6. The molecule has 1 aromatic carbocycles. The Morgan fingerprint density at radius 1 is 1.17 bits per heavy atom. The van der Waals surface area contributed by atoms with Crippen LogP contribution >= 0.6 is 0 Å². The Morgan fingerprint density at radius 2 is 1.90 bits per heavy atom. The second-order valence-corrected chi connectivity index (χ2v) is 9.10. The largest absolute Gasteiger partial charge is 0.306 e. The molecule has 1 N–H and O–H groups in total. The summed E-state index contributed by atoms with van der Waals surface area (Å²) in [4.78, 5) is 43.9. The van der Waals surface area contributed by atoms with Gasteiger partial charge in [0.1, 0.15) is 5.54 Å². The topological polar surface area (TPSA) is 69.7 Å². The standard InChI is InChI=1S/C24H31N3O3/c1-5-7-13-27-21(28)19-17(14-15(3)4)25-24(20(19)22(27)29)16-10-8-9-11-18(16)26(12-6-2)23(24)30/h6,8-11,15,17,19-20,25H,2,5,7,12-14H2,1,3-4H3/t17-,19-,20-,24+/m1/s1. The van der Waals surface area contributed by atoms with Crippen LogP contribution in [0.5, 0.6) is 0 Å². The third-order valence-electron chi connectivity index (χ3n) is 6.73. The number of unbranched alkanes of at least 4 members (excludes halogenated alkanes) is 1. The molecule has 0 aromatic heterocycles. The Kier molecular flexibility index (Phi) is 5.30. The molecule has 2 fully saturated rings. The van der Waals surface area contributed by atoms with Crippen LogP contribution in [-0.4, -0.2) is 41.8 Å². The van der Waals surface area contributed by atoms with E-state index in [-0.39, 0.29) is 23.8 Å². The number of amides is 3. The SMILES string of the molecule is C=CCN1C(=O)[C@]2(N[C@H](CC(C)C)[C@H]3C(=O)N(CCCC)C(=O)[C@@H]32)c2ccccc21. The van der Waals surface area contributed by atoms with Crippen molar-refractivity contribution in [3.8, 4) is 0 Å². The molecule has 4 rings (SSSR count). The predicted molar refractivity (Wildman–Crippen MR) is 116 cm³/mol. The molecule has 1 aromatic rings. The van der Waals surface area contributed by atoms with E-state index in [4.69, 9.17) is 0 Å². The number of nitrogens with one attached hydrogen (secondary N) is 1. The quantitative estimate of drug-likeness (QED) is 0.555. The van der Waals surface area contributed by atoms with Crippen molar-refractivity contribution in [1.82, 2.24) is 10.2 Å². The maximum Gasteiger partial charge on any atom is 0.253 e. The molecule has 0 aliphatic carbocycles. The first-order valence-electron chi connectivity index (χ1n) is 11.0. The van der Waals surface area contributed by atoms with Gasteiger partial charge in [-0.1, -0.05) is 51.5 Å². The number of hydrogen-bond acceptors (Lipinski definition) is 4. The van der Waals surface area contributed by atoms with Gasteiger partial charge in [0.2, 0.25) is 11.8 Å². The number of rotatable bonds is 7. The van der Waals surface area contributed by atoms with E-state index < -0.39 is 17.4 Å². The summed E-state index contributed by atoms with van der Waals surface area (Å²) in [7, 11) is 0. The lowest BCUT2D eigenvalue weighted by Gasteiger charge is -2.30. The maximum absolute atomic E-state index is 13.9. The van der Waals surface area contributed by atoms with Crippen LogP contribution in [0.3, 0.4) is 0 Å². The molecule has 0 radical (unpaired) electrons. The normalized spacial score (nSPS) is 30.0. The molecule has 2 saturated heterocycles. The van der Waals surface area contributed by atoms with Gasteiger partial charge in [-0.15, -0.1) is 6.58 Å². The zero-order valence-electron chi connectivity index (χ0n) is 18.1. The number of likely N-dealkylation sites (tertiary alicyclic amines) is 1. The fraction of sp³-hybridized carbons (Fsp3) is 0.542. The Bertz CT molecular complexity index is 895. The minimum Gasteiger partial charge on any atom is -0.306 e. The molecule has 3 heterocycles. The van der Waals surface area contributed by atoms with Crippen LogP contribution in [0.15, 0.2) is 36.9 Å². The van der Waals surface area contributed by atoms with Crippen molar-refractivity contribution < 1.29 is 14.4 Å². The zero-order valence-corrected chi connectivity index (χ0v) is 18.1. The number of para-hydroxylation sites is 1. The lowest BCUT2D eigenvalue weighted by atomic mass is 9.76. The van der Waals surface area contributed by atoms with Crippen molar-refractivity contribution in [3.05, 3.63) is 42.5 Å². The third kappa shape index (κ3) is 2.77. The third-order valence-corrected chi connectivity index (χ3v) is 6.73. The van der Waals surface area contributed by atoms with Crippen molar-refractivity contribution in [1.29, 1.82) is 0 Å². The van der Waals surface area contributed by atoms with Crippen molar-refractivity contribution in [3.63, 3.8) is 0 Å². The summed E-state index contributed by atoms with van der Waals surface area (Å²) in [5.74, 6) is -1.35. The fourth-order valence-corrected chi connectivity index (χ4v) is 5.56. The van der Waals surface area contributed by atoms with E-state index in [2.05, 4.69) is 25.7 Å². The molecule has 160 valence electrons. The first-order valence-corrected chi connectivity index (χ1v) is 11.0. The second-order valence-electron chi connectivity index (χ2n) is 9.10.